The minimum atomic E-state index is -3.71. The van der Waals surface area contributed by atoms with Crippen LogP contribution in [0, 0.1) is 31.9 Å². The molecule has 16 nitrogen and oxygen atoms in total. The molecule has 0 unspecified atom stereocenters. The van der Waals surface area contributed by atoms with Crippen LogP contribution < -0.4 is 14.8 Å². The number of ether oxygens (including phenoxy) is 2. The van der Waals surface area contributed by atoms with Gasteiger partial charge in [0.1, 0.15) is 36.3 Å². The highest BCUT2D eigenvalue weighted by molar-refractivity contribution is 8.13. The van der Waals surface area contributed by atoms with Gasteiger partial charge in [0.2, 0.25) is 10.0 Å². The van der Waals surface area contributed by atoms with Crippen LogP contribution in [0.1, 0.15) is 33.4 Å². The van der Waals surface area contributed by atoms with Crippen molar-refractivity contribution in [1.29, 1.82) is 0 Å². The smallest absolute Gasteiger partial charge is 0.270 e. The number of halogens is 3. The normalized spacial score (nSPS) is 15.8. The number of nitro groups is 2. The van der Waals surface area contributed by atoms with Crippen LogP contribution in [0.25, 0.3) is 45.6 Å². The lowest BCUT2D eigenvalue weighted by atomic mass is 10.0. The van der Waals surface area contributed by atoms with E-state index in [0.29, 0.717) is 51.7 Å². The summed E-state index contributed by atoms with van der Waals surface area (Å²) in [6.45, 7) is 8.47. The maximum absolute atomic E-state index is 13.2. The Hall–Kier alpha value is -8.47. The summed E-state index contributed by atoms with van der Waals surface area (Å²) in [5.41, 5.74) is 11.8. The van der Waals surface area contributed by atoms with Gasteiger partial charge in [0.15, 0.2) is 0 Å². The molecular weight excluding hydrogens is 1150 g/mol. The molecule has 12 rings (SSSR count). The molecule has 85 heavy (non-hydrogen) atoms. The van der Waals surface area contributed by atoms with Crippen molar-refractivity contribution in [1.82, 2.24) is 19.4 Å². The van der Waals surface area contributed by atoms with Gasteiger partial charge in [-0.3, -0.25) is 30.0 Å². The molecule has 0 bridgehead atoms. The Morgan fingerprint density at radius 1 is 0.482 bits per heavy atom. The number of nitrogens with one attached hydrogen (secondary N) is 1. The summed E-state index contributed by atoms with van der Waals surface area (Å²) in [5, 5.41) is 26.3. The van der Waals surface area contributed by atoms with E-state index >= 15 is 0 Å². The average molecular weight is 1210 g/mol. The molecule has 0 radical (unpaired) electrons. The number of hydrogen-bond donors (Lipinski definition) is 1. The van der Waals surface area contributed by atoms with E-state index in [1.807, 2.05) is 97.1 Å². The first kappa shape index (κ1) is 59.7. The van der Waals surface area contributed by atoms with Gasteiger partial charge in [-0.15, -0.1) is 0 Å². The molecule has 1 N–H and O–H groups in total. The highest BCUT2D eigenvalue weighted by Crippen LogP contribution is 2.48. The lowest BCUT2D eigenvalue weighted by Gasteiger charge is -2.33. The van der Waals surface area contributed by atoms with Crippen molar-refractivity contribution < 1.29 is 44.9 Å². The van der Waals surface area contributed by atoms with Crippen LogP contribution in [0.4, 0.5) is 20.2 Å². The van der Waals surface area contributed by atoms with E-state index in [4.69, 9.17) is 20.2 Å². The first-order valence-electron chi connectivity index (χ1n) is 27.3. The van der Waals surface area contributed by atoms with Gasteiger partial charge < -0.3 is 14.8 Å². The van der Waals surface area contributed by atoms with Crippen LogP contribution in [-0.2, 0) is 19.1 Å². The summed E-state index contributed by atoms with van der Waals surface area (Å²) in [7, 11) is -2.42. The Bertz CT molecular complexity index is 4060. The molecule has 8 aromatic rings. The van der Waals surface area contributed by atoms with Gasteiger partial charge in [0.25, 0.3) is 20.4 Å². The van der Waals surface area contributed by atoms with Gasteiger partial charge >= 0.3 is 0 Å². The van der Waals surface area contributed by atoms with E-state index in [1.165, 1.54) is 22.5 Å². The number of non-ortho nitro benzene ring substituents is 2. The molecule has 4 aliphatic rings. The van der Waals surface area contributed by atoms with Crippen molar-refractivity contribution in [2.75, 3.05) is 78.7 Å². The van der Waals surface area contributed by atoms with E-state index in [2.05, 4.69) is 33.3 Å². The van der Waals surface area contributed by atoms with Crippen LogP contribution in [0.3, 0.4) is 0 Å². The number of fused-ring (bicyclic) bond motifs is 6. The molecule has 0 saturated carbocycles. The SMILES string of the molecule is O=S(=O)(Cl)c1ccc(F)cc1.O=[N+]([O-])c1ccc2c(c1)C(=Cc1ccccc1OCCN1CCN(S(=O)(=O)c3ccc(F)cc3)CC1)c1ccccc1-2.O=[N+]([O-])c1ccc2c(c1)C(=Cc1ccccc1OCCN1CCNCC1)c1ccccc1-2. The number of para-hydroxylation sites is 2. The van der Waals surface area contributed by atoms with Crippen molar-refractivity contribution in [2.24, 2.45) is 0 Å². The van der Waals surface area contributed by atoms with E-state index in [-0.39, 0.29) is 31.0 Å². The van der Waals surface area contributed by atoms with Crippen molar-refractivity contribution >= 4 is 64.4 Å². The molecule has 21 heteroatoms. The lowest BCUT2D eigenvalue weighted by molar-refractivity contribution is -0.385. The summed E-state index contributed by atoms with van der Waals surface area (Å²) < 4.78 is 86.3. The minimum Gasteiger partial charge on any atom is -0.492 e. The zero-order valence-corrected chi connectivity index (χ0v) is 48.1. The van der Waals surface area contributed by atoms with Crippen LogP contribution >= 0.6 is 10.7 Å². The van der Waals surface area contributed by atoms with Gasteiger partial charge in [-0.05, 0) is 141 Å². The van der Waals surface area contributed by atoms with Crippen LogP contribution in [0.15, 0.2) is 192 Å². The fourth-order valence-corrected chi connectivity index (χ4v) is 12.7. The Morgan fingerprint density at radius 3 is 1.31 bits per heavy atom. The number of benzene rings is 8. The third kappa shape index (κ3) is 14.2. The summed E-state index contributed by atoms with van der Waals surface area (Å²) >= 11 is 0. The first-order valence-corrected chi connectivity index (χ1v) is 31.0. The number of nitrogens with zero attached hydrogens (tertiary/aromatic N) is 5. The van der Waals surface area contributed by atoms with Gasteiger partial charge in [-0.2, -0.15) is 4.31 Å². The van der Waals surface area contributed by atoms with Crippen LogP contribution in [0.5, 0.6) is 11.5 Å². The highest BCUT2D eigenvalue weighted by Gasteiger charge is 2.30. The molecule has 0 atom stereocenters. The molecule has 8 aromatic carbocycles. The van der Waals surface area contributed by atoms with E-state index in [9.17, 15) is 45.8 Å². The highest BCUT2D eigenvalue weighted by atomic mass is 35.7. The number of rotatable bonds is 15. The topological polar surface area (TPSA) is 195 Å². The van der Waals surface area contributed by atoms with Crippen molar-refractivity contribution in [3.05, 3.63) is 247 Å². The third-order valence-electron chi connectivity index (χ3n) is 14.9. The zero-order valence-electron chi connectivity index (χ0n) is 45.7. The Kier molecular flexibility index (Phi) is 18.7. The van der Waals surface area contributed by atoms with Crippen LogP contribution in [-0.4, -0.2) is 119 Å². The molecule has 0 spiro atoms. The van der Waals surface area contributed by atoms with Crippen molar-refractivity contribution in [2.45, 2.75) is 9.79 Å². The summed E-state index contributed by atoms with van der Waals surface area (Å²) in [4.78, 5) is 26.7. The fourth-order valence-electron chi connectivity index (χ4n) is 10.5. The second-order valence-corrected chi connectivity index (χ2v) is 24.6. The second kappa shape index (κ2) is 26.6. The van der Waals surface area contributed by atoms with Gasteiger partial charge in [0.05, 0.1) is 19.6 Å². The number of piperazine rings is 2. The van der Waals surface area contributed by atoms with Gasteiger partial charge in [-0.25, -0.2) is 25.6 Å². The van der Waals surface area contributed by atoms with E-state index < -0.39 is 30.7 Å². The molecule has 2 heterocycles. The average Bonchev–Trinajstić information content (AvgIpc) is 1.86. The first-order chi connectivity index (χ1) is 41.0. The zero-order chi connectivity index (χ0) is 59.7. The van der Waals surface area contributed by atoms with Crippen molar-refractivity contribution in [3.63, 3.8) is 0 Å². The standard InChI is InChI=1S/C32H28FN3O5S.C26H25N3O3.C6H4ClFO2S/c33-24-9-12-26(13-10-24)42(39,40)35-17-15-34(16-18-35)19-20-41-32-8-4-1-5-23(32)21-30-28-7-3-2-6-27(28)29-14-11-25(36(37)38)22-31(29)30;30-29(31)20-9-10-23-21-6-2-3-7-22(21)24(25(23)18-20)17-19-5-1-4-8-26(19)32-16-15-28-13-11-27-12-14-28;7-11(9,10)6-3-1-5(8)2-4-6/h1-14,21-22H,15-20H2;1-10,17-18,27H,11-16H2;1-4H. The molecule has 2 fully saturated rings. The maximum atomic E-state index is 13.2. The number of hydrogen-bond acceptors (Lipinski definition) is 13. The molecule has 0 amide bonds. The van der Waals surface area contributed by atoms with Gasteiger partial charge in [0, 0.05) is 112 Å². The summed E-state index contributed by atoms with van der Waals surface area (Å²) in [6, 6.07) is 51.0. The Balaban J connectivity index is 0.000000164. The molecule has 2 aliphatic carbocycles. The Labute approximate surface area is 495 Å². The summed E-state index contributed by atoms with van der Waals surface area (Å²) in [5.74, 6) is 0.554. The largest absolute Gasteiger partial charge is 0.492 e. The quantitative estimate of drug-likeness (QED) is 0.0579. The Morgan fingerprint density at radius 2 is 0.871 bits per heavy atom. The van der Waals surface area contributed by atoms with Crippen LogP contribution in [0.2, 0.25) is 0 Å². The predicted molar refractivity (Wildman–Crippen MR) is 325 cm³/mol. The number of sulfonamides is 1. The lowest BCUT2D eigenvalue weighted by Crippen LogP contribution is -2.49. The second-order valence-electron chi connectivity index (χ2n) is 20.1. The monoisotopic (exact) mass is 1210 g/mol. The molecule has 436 valence electrons. The predicted octanol–water partition coefficient (Wildman–Crippen LogP) is 11.9. The fraction of sp³-hybridized carbons (Fsp3) is 0.188. The number of nitro benzene ring substituents is 2. The molecular formula is C64H57ClF2N6O10S2. The molecule has 2 saturated heterocycles. The van der Waals surface area contributed by atoms with E-state index in [1.54, 1.807) is 24.3 Å². The minimum absolute atomic E-state index is 0.0440. The van der Waals surface area contributed by atoms with Crippen molar-refractivity contribution in [3.8, 4) is 33.8 Å². The molecule has 2 aliphatic heterocycles. The molecule has 0 aromatic heterocycles. The van der Waals surface area contributed by atoms with E-state index in [0.717, 1.165) is 142 Å². The van der Waals surface area contributed by atoms with Gasteiger partial charge in [-0.1, -0.05) is 84.9 Å². The third-order valence-corrected chi connectivity index (χ3v) is 18.2. The summed E-state index contributed by atoms with van der Waals surface area (Å²) in [6.07, 6.45) is 4.11. The maximum Gasteiger partial charge on any atom is 0.270 e.